The first kappa shape index (κ1) is 15.2. The normalized spacial score (nSPS) is 10.3. The van der Waals surface area contributed by atoms with Gasteiger partial charge in [-0.3, -0.25) is 9.78 Å². The molecular formula is C17H15N3O2S. The summed E-state index contributed by atoms with van der Waals surface area (Å²) in [4.78, 5) is 20.4. The van der Waals surface area contributed by atoms with E-state index in [4.69, 9.17) is 4.74 Å². The van der Waals surface area contributed by atoms with Gasteiger partial charge in [-0.2, -0.15) is 0 Å². The van der Waals surface area contributed by atoms with Gasteiger partial charge < -0.3 is 10.1 Å². The Morgan fingerprint density at radius 1 is 1.17 bits per heavy atom. The highest BCUT2D eigenvalue weighted by Crippen LogP contribution is 2.15. The molecule has 0 spiro atoms. The number of nitrogens with one attached hydrogen (secondary N) is 1. The topological polar surface area (TPSA) is 64.1 Å². The lowest BCUT2D eigenvalue weighted by Gasteiger charge is -2.03. The molecule has 0 saturated heterocycles. The molecule has 0 aliphatic heterocycles. The first-order valence-corrected chi connectivity index (χ1v) is 7.98. The molecular weight excluding hydrogens is 310 g/mol. The minimum absolute atomic E-state index is 0.0822. The van der Waals surface area contributed by atoms with Gasteiger partial charge in [-0.15, -0.1) is 11.3 Å². The zero-order valence-electron chi connectivity index (χ0n) is 12.3. The summed E-state index contributed by atoms with van der Waals surface area (Å²) in [6.45, 7) is 0.372. The van der Waals surface area contributed by atoms with Crippen molar-refractivity contribution in [3.05, 3.63) is 70.9 Å². The molecule has 0 atom stereocenters. The van der Waals surface area contributed by atoms with Crippen molar-refractivity contribution in [3.8, 4) is 5.75 Å². The van der Waals surface area contributed by atoms with Gasteiger partial charge in [-0.1, -0.05) is 18.2 Å². The minimum Gasteiger partial charge on any atom is -0.485 e. The molecule has 3 aromatic rings. The number of benzene rings is 1. The molecule has 6 heteroatoms. The van der Waals surface area contributed by atoms with E-state index in [1.165, 1.54) is 11.3 Å². The summed E-state index contributed by atoms with van der Waals surface area (Å²) < 4.78 is 5.59. The molecule has 0 aliphatic carbocycles. The van der Waals surface area contributed by atoms with Crippen LogP contribution in [0.4, 0.5) is 5.69 Å². The lowest BCUT2D eigenvalue weighted by atomic mass is 10.3. The van der Waals surface area contributed by atoms with Crippen molar-refractivity contribution in [3.63, 3.8) is 0 Å². The van der Waals surface area contributed by atoms with Crippen molar-refractivity contribution in [2.24, 2.45) is 0 Å². The zero-order valence-corrected chi connectivity index (χ0v) is 13.1. The Morgan fingerprint density at radius 3 is 2.83 bits per heavy atom. The van der Waals surface area contributed by atoms with E-state index >= 15 is 0 Å². The molecule has 1 aromatic carbocycles. The fraction of sp³-hybridized carbons (Fsp3) is 0.118. The van der Waals surface area contributed by atoms with Gasteiger partial charge in [0.05, 0.1) is 18.3 Å². The molecule has 0 unspecified atom stereocenters. The van der Waals surface area contributed by atoms with Crippen molar-refractivity contribution in [1.82, 2.24) is 9.97 Å². The highest BCUT2D eigenvalue weighted by molar-refractivity contribution is 7.09. The van der Waals surface area contributed by atoms with Crippen LogP contribution in [-0.4, -0.2) is 15.9 Å². The second-order valence-electron chi connectivity index (χ2n) is 4.80. The van der Waals surface area contributed by atoms with Crippen molar-refractivity contribution in [1.29, 1.82) is 0 Å². The van der Waals surface area contributed by atoms with Crippen molar-refractivity contribution in [2.75, 3.05) is 5.32 Å². The molecule has 3 rings (SSSR count). The monoisotopic (exact) mass is 325 g/mol. The number of amides is 1. The first-order valence-electron chi connectivity index (χ1n) is 7.10. The third-order valence-corrected chi connectivity index (χ3v) is 3.87. The van der Waals surface area contributed by atoms with Crippen LogP contribution in [0.1, 0.15) is 10.7 Å². The number of rotatable bonds is 6. The number of para-hydroxylation sites is 1. The maximum absolute atomic E-state index is 12.0. The molecule has 116 valence electrons. The van der Waals surface area contributed by atoms with Crippen molar-refractivity contribution in [2.45, 2.75) is 13.0 Å². The molecule has 1 amide bonds. The van der Waals surface area contributed by atoms with E-state index in [1.54, 1.807) is 12.4 Å². The molecule has 0 aliphatic rings. The molecule has 2 heterocycles. The van der Waals surface area contributed by atoms with Crippen LogP contribution in [-0.2, 0) is 17.8 Å². The fourth-order valence-electron chi connectivity index (χ4n) is 1.97. The number of aromatic nitrogens is 2. The van der Waals surface area contributed by atoms with Gasteiger partial charge in [0.1, 0.15) is 17.4 Å². The highest BCUT2D eigenvalue weighted by atomic mass is 32.1. The van der Waals surface area contributed by atoms with Crippen LogP contribution >= 0.6 is 11.3 Å². The minimum atomic E-state index is -0.0822. The SMILES string of the molecule is O=C(Cc1csc(COc2cccnc2)n1)Nc1ccccc1. The van der Waals surface area contributed by atoms with Crippen LogP contribution in [0.3, 0.4) is 0 Å². The van der Waals surface area contributed by atoms with Gasteiger partial charge in [0, 0.05) is 17.3 Å². The highest BCUT2D eigenvalue weighted by Gasteiger charge is 2.08. The summed E-state index contributed by atoms with van der Waals surface area (Å²) in [5.41, 5.74) is 1.53. The Morgan fingerprint density at radius 2 is 2.04 bits per heavy atom. The Labute approximate surface area is 138 Å². The van der Waals surface area contributed by atoms with Crippen LogP contribution in [0.15, 0.2) is 60.2 Å². The second-order valence-corrected chi connectivity index (χ2v) is 5.74. The van der Waals surface area contributed by atoms with Crippen molar-refractivity contribution < 1.29 is 9.53 Å². The fourth-order valence-corrected chi connectivity index (χ4v) is 2.67. The molecule has 5 nitrogen and oxygen atoms in total. The summed E-state index contributed by atoms with van der Waals surface area (Å²) in [6, 6.07) is 13.0. The number of nitrogens with zero attached hydrogens (tertiary/aromatic N) is 2. The summed E-state index contributed by atoms with van der Waals surface area (Å²) in [5, 5.41) is 5.56. The van der Waals surface area contributed by atoms with Gasteiger partial charge >= 0.3 is 0 Å². The third kappa shape index (κ3) is 4.62. The third-order valence-electron chi connectivity index (χ3n) is 3.00. The van der Waals surface area contributed by atoms with Crippen LogP contribution in [0.25, 0.3) is 0 Å². The largest absolute Gasteiger partial charge is 0.485 e. The Hall–Kier alpha value is -2.73. The van der Waals surface area contributed by atoms with E-state index in [0.717, 1.165) is 16.4 Å². The van der Waals surface area contributed by atoms with Crippen molar-refractivity contribution >= 4 is 22.9 Å². The number of hydrogen-bond donors (Lipinski definition) is 1. The predicted molar refractivity (Wildman–Crippen MR) is 89.5 cm³/mol. The second kappa shape index (κ2) is 7.51. The zero-order chi connectivity index (χ0) is 15.9. The summed E-state index contributed by atoms with van der Waals surface area (Å²) in [6.07, 6.45) is 3.60. The standard InChI is InChI=1S/C17H15N3O2S/c21-16(19-13-5-2-1-3-6-13)9-14-12-23-17(20-14)11-22-15-7-4-8-18-10-15/h1-8,10,12H,9,11H2,(H,19,21). The number of ether oxygens (including phenoxy) is 1. The van der Waals surface area contributed by atoms with Gasteiger partial charge in [0.15, 0.2) is 0 Å². The molecule has 0 bridgehead atoms. The number of thiazole rings is 1. The molecule has 1 N–H and O–H groups in total. The summed E-state index contributed by atoms with van der Waals surface area (Å²) in [7, 11) is 0. The quantitative estimate of drug-likeness (QED) is 0.755. The van der Waals surface area contributed by atoms with Crippen LogP contribution in [0.5, 0.6) is 5.75 Å². The average molecular weight is 325 g/mol. The van der Waals surface area contributed by atoms with E-state index in [-0.39, 0.29) is 12.3 Å². The molecule has 2 aromatic heterocycles. The number of carbonyl (C=O) groups excluding carboxylic acids is 1. The van der Waals surface area contributed by atoms with Gasteiger partial charge in [-0.25, -0.2) is 4.98 Å². The molecule has 23 heavy (non-hydrogen) atoms. The van der Waals surface area contributed by atoms with E-state index in [0.29, 0.717) is 12.4 Å². The van der Waals surface area contributed by atoms with Gasteiger partial charge in [-0.05, 0) is 24.3 Å². The van der Waals surface area contributed by atoms with E-state index in [1.807, 2.05) is 47.8 Å². The molecule has 0 saturated carbocycles. The van der Waals surface area contributed by atoms with Gasteiger partial charge in [0.2, 0.25) is 5.91 Å². The summed E-state index contributed by atoms with van der Waals surface area (Å²) >= 11 is 1.48. The summed E-state index contributed by atoms with van der Waals surface area (Å²) in [5.74, 6) is 0.618. The lowest BCUT2D eigenvalue weighted by Crippen LogP contribution is -2.14. The van der Waals surface area contributed by atoms with Crippen LogP contribution < -0.4 is 10.1 Å². The maximum atomic E-state index is 12.0. The van der Waals surface area contributed by atoms with Gasteiger partial charge in [0.25, 0.3) is 0 Å². The number of anilines is 1. The average Bonchev–Trinajstić information content (AvgIpc) is 3.02. The Kier molecular flexibility index (Phi) is 4.95. The molecule has 0 radical (unpaired) electrons. The maximum Gasteiger partial charge on any atom is 0.230 e. The van der Waals surface area contributed by atoms with Crippen LogP contribution in [0.2, 0.25) is 0 Å². The van der Waals surface area contributed by atoms with E-state index in [2.05, 4.69) is 15.3 Å². The Balaban J connectivity index is 1.52. The predicted octanol–water partition coefficient (Wildman–Crippen LogP) is 3.30. The Bertz CT molecular complexity index is 760. The number of carbonyl (C=O) groups is 1. The van der Waals surface area contributed by atoms with E-state index < -0.39 is 0 Å². The molecule has 0 fully saturated rings. The number of hydrogen-bond acceptors (Lipinski definition) is 5. The first-order chi connectivity index (χ1) is 11.3. The number of pyridine rings is 1. The lowest BCUT2D eigenvalue weighted by molar-refractivity contribution is -0.115. The van der Waals surface area contributed by atoms with Crippen LogP contribution in [0, 0.1) is 0 Å². The smallest absolute Gasteiger partial charge is 0.230 e. The van der Waals surface area contributed by atoms with E-state index in [9.17, 15) is 4.79 Å².